The fourth-order valence-corrected chi connectivity index (χ4v) is 3.76. The number of nitrogens with zero attached hydrogens (tertiary/aromatic N) is 7. The van der Waals surface area contributed by atoms with Crippen molar-refractivity contribution < 1.29 is 0 Å². The van der Waals surface area contributed by atoms with Crippen LogP contribution in [0.15, 0.2) is 42.6 Å². The summed E-state index contributed by atoms with van der Waals surface area (Å²) in [6.07, 6.45) is 6.96. The molecule has 0 atom stereocenters. The Bertz CT molecular complexity index is 1110. The van der Waals surface area contributed by atoms with Gasteiger partial charge in [0.2, 0.25) is 5.82 Å². The number of aryl methyl sites for hydroxylation is 1. The normalized spacial score (nSPS) is 11.4. The highest BCUT2D eigenvalue weighted by atomic mass is 15.5. The van der Waals surface area contributed by atoms with Gasteiger partial charge in [-0.15, -0.1) is 10.2 Å². The molecule has 8 nitrogen and oxygen atoms in total. The Morgan fingerprint density at radius 3 is 2.62 bits per heavy atom. The van der Waals surface area contributed by atoms with E-state index in [2.05, 4.69) is 75.3 Å². The van der Waals surface area contributed by atoms with Gasteiger partial charge in [-0.3, -0.25) is 4.98 Å². The standard InChI is InChI=1S/C24H30N8/c1-4-5-6-14-32-22(26-21(29-32)15-17(2)3)16-18-9-11-19(12-10-18)20-8-7-13-25-23(20)24-27-30-31-28-24/h7-13,17H,4-6,14-16H2,1-3H3,(H,27,28,30,31). The van der Waals surface area contributed by atoms with E-state index in [1.54, 1.807) is 6.20 Å². The molecule has 0 saturated carbocycles. The number of tetrazole rings is 1. The smallest absolute Gasteiger partial charge is 0.223 e. The number of unbranched alkanes of at least 4 members (excludes halogenated alkanes) is 2. The molecule has 0 aliphatic heterocycles. The molecule has 0 amide bonds. The molecule has 0 radical (unpaired) electrons. The second-order valence-electron chi connectivity index (χ2n) is 8.48. The molecule has 3 heterocycles. The minimum absolute atomic E-state index is 0.488. The van der Waals surface area contributed by atoms with E-state index in [0.29, 0.717) is 17.4 Å². The predicted molar refractivity (Wildman–Crippen MR) is 124 cm³/mol. The molecule has 3 aromatic heterocycles. The third-order valence-electron chi connectivity index (χ3n) is 5.35. The van der Waals surface area contributed by atoms with Gasteiger partial charge < -0.3 is 0 Å². The first-order chi connectivity index (χ1) is 15.6. The van der Waals surface area contributed by atoms with Crippen molar-refractivity contribution in [2.75, 3.05) is 0 Å². The summed E-state index contributed by atoms with van der Waals surface area (Å²) in [5.41, 5.74) is 3.95. The molecular formula is C24H30N8. The van der Waals surface area contributed by atoms with E-state index in [-0.39, 0.29) is 0 Å². The fraction of sp³-hybridized carbons (Fsp3) is 0.417. The predicted octanol–water partition coefficient (Wildman–Crippen LogP) is 4.50. The summed E-state index contributed by atoms with van der Waals surface area (Å²) >= 11 is 0. The Kier molecular flexibility index (Phi) is 6.99. The molecule has 0 aliphatic carbocycles. The fourth-order valence-electron chi connectivity index (χ4n) is 3.76. The van der Waals surface area contributed by atoms with Crippen LogP contribution in [0, 0.1) is 5.92 Å². The molecule has 0 unspecified atom stereocenters. The maximum absolute atomic E-state index is 4.87. The van der Waals surface area contributed by atoms with Crippen LogP contribution in [-0.2, 0) is 19.4 Å². The van der Waals surface area contributed by atoms with Crippen LogP contribution in [0.1, 0.15) is 57.2 Å². The molecule has 0 aliphatic rings. The molecule has 0 saturated heterocycles. The zero-order chi connectivity index (χ0) is 22.3. The van der Waals surface area contributed by atoms with Gasteiger partial charge in [0, 0.05) is 31.1 Å². The van der Waals surface area contributed by atoms with Gasteiger partial charge in [-0.25, -0.2) is 9.67 Å². The van der Waals surface area contributed by atoms with Crippen LogP contribution in [0.3, 0.4) is 0 Å². The monoisotopic (exact) mass is 430 g/mol. The third kappa shape index (κ3) is 5.25. The molecule has 0 fully saturated rings. The van der Waals surface area contributed by atoms with Gasteiger partial charge in [0.15, 0.2) is 5.82 Å². The molecule has 0 spiro atoms. The molecule has 166 valence electrons. The SMILES string of the molecule is CCCCCn1nc(CC(C)C)nc1Cc1ccc(-c2cccnc2-c2nn[nH]n2)cc1. The van der Waals surface area contributed by atoms with E-state index in [0.717, 1.165) is 48.6 Å². The Labute approximate surface area is 188 Å². The van der Waals surface area contributed by atoms with Gasteiger partial charge in [0.25, 0.3) is 0 Å². The average molecular weight is 431 g/mol. The number of aromatic nitrogens is 8. The zero-order valence-corrected chi connectivity index (χ0v) is 19.0. The van der Waals surface area contributed by atoms with Crippen LogP contribution in [0.4, 0.5) is 0 Å². The number of rotatable bonds is 10. The molecule has 0 bridgehead atoms. The Morgan fingerprint density at radius 2 is 1.91 bits per heavy atom. The molecule has 4 aromatic rings. The van der Waals surface area contributed by atoms with Crippen molar-refractivity contribution in [2.45, 2.75) is 59.4 Å². The van der Waals surface area contributed by atoms with E-state index in [1.807, 2.05) is 12.1 Å². The number of H-pyrrole nitrogens is 1. The van der Waals surface area contributed by atoms with Crippen molar-refractivity contribution >= 4 is 0 Å². The lowest BCUT2D eigenvalue weighted by molar-refractivity contribution is 0.526. The van der Waals surface area contributed by atoms with E-state index in [4.69, 9.17) is 10.1 Å². The lowest BCUT2D eigenvalue weighted by atomic mass is 10.0. The lowest BCUT2D eigenvalue weighted by Crippen LogP contribution is -2.07. The highest BCUT2D eigenvalue weighted by molar-refractivity contribution is 5.77. The Hall–Kier alpha value is -3.42. The van der Waals surface area contributed by atoms with Gasteiger partial charge in [-0.05, 0) is 34.7 Å². The molecule has 1 N–H and O–H groups in total. The number of pyridine rings is 1. The molecule has 32 heavy (non-hydrogen) atoms. The van der Waals surface area contributed by atoms with Gasteiger partial charge >= 0.3 is 0 Å². The van der Waals surface area contributed by atoms with E-state index >= 15 is 0 Å². The van der Waals surface area contributed by atoms with Crippen molar-refractivity contribution in [1.29, 1.82) is 0 Å². The summed E-state index contributed by atoms with van der Waals surface area (Å²) in [5, 5.41) is 19.1. The first kappa shape index (κ1) is 21.8. The first-order valence-corrected chi connectivity index (χ1v) is 11.3. The molecule has 8 heteroatoms. The Balaban J connectivity index is 1.55. The summed E-state index contributed by atoms with van der Waals surface area (Å²) in [4.78, 5) is 9.32. The molecular weight excluding hydrogens is 400 g/mol. The van der Waals surface area contributed by atoms with Gasteiger partial charge in [0.05, 0.1) is 0 Å². The minimum Gasteiger partial charge on any atom is -0.252 e. The molecule has 4 rings (SSSR count). The zero-order valence-electron chi connectivity index (χ0n) is 19.0. The second-order valence-corrected chi connectivity index (χ2v) is 8.48. The van der Waals surface area contributed by atoms with Crippen LogP contribution in [0.25, 0.3) is 22.6 Å². The lowest BCUT2D eigenvalue weighted by Gasteiger charge is -2.08. The topological polar surface area (TPSA) is 98.1 Å². The number of nitrogens with one attached hydrogen (secondary N) is 1. The molecule has 1 aromatic carbocycles. The largest absolute Gasteiger partial charge is 0.252 e. The van der Waals surface area contributed by atoms with Gasteiger partial charge in [-0.2, -0.15) is 10.3 Å². The van der Waals surface area contributed by atoms with Crippen LogP contribution >= 0.6 is 0 Å². The summed E-state index contributed by atoms with van der Waals surface area (Å²) in [7, 11) is 0. The number of benzene rings is 1. The third-order valence-corrected chi connectivity index (χ3v) is 5.35. The minimum atomic E-state index is 0.488. The number of aromatic amines is 1. The van der Waals surface area contributed by atoms with E-state index < -0.39 is 0 Å². The van der Waals surface area contributed by atoms with Crippen molar-refractivity contribution in [2.24, 2.45) is 5.92 Å². The highest BCUT2D eigenvalue weighted by Gasteiger charge is 2.14. The van der Waals surface area contributed by atoms with Crippen molar-refractivity contribution in [1.82, 2.24) is 40.4 Å². The maximum Gasteiger partial charge on any atom is 0.223 e. The van der Waals surface area contributed by atoms with Crippen molar-refractivity contribution in [3.8, 4) is 22.6 Å². The van der Waals surface area contributed by atoms with Crippen LogP contribution in [-0.4, -0.2) is 40.4 Å². The number of hydrogen-bond acceptors (Lipinski definition) is 6. The first-order valence-electron chi connectivity index (χ1n) is 11.3. The van der Waals surface area contributed by atoms with Gasteiger partial charge in [0.1, 0.15) is 11.5 Å². The summed E-state index contributed by atoms with van der Waals surface area (Å²) in [6, 6.07) is 12.5. The summed E-state index contributed by atoms with van der Waals surface area (Å²) in [5.74, 6) is 3.02. The summed E-state index contributed by atoms with van der Waals surface area (Å²) < 4.78 is 2.11. The second kappa shape index (κ2) is 10.3. The summed E-state index contributed by atoms with van der Waals surface area (Å²) in [6.45, 7) is 7.56. The van der Waals surface area contributed by atoms with Crippen molar-refractivity contribution in [3.05, 3.63) is 59.8 Å². The highest BCUT2D eigenvalue weighted by Crippen LogP contribution is 2.28. The average Bonchev–Trinajstić information content (AvgIpc) is 3.45. The quantitative estimate of drug-likeness (QED) is 0.372. The van der Waals surface area contributed by atoms with Crippen LogP contribution in [0.2, 0.25) is 0 Å². The van der Waals surface area contributed by atoms with Crippen molar-refractivity contribution in [3.63, 3.8) is 0 Å². The van der Waals surface area contributed by atoms with Crippen LogP contribution < -0.4 is 0 Å². The maximum atomic E-state index is 4.87. The van der Waals surface area contributed by atoms with E-state index in [1.165, 1.54) is 18.4 Å². The van der Waals surface area contributed by atoms with E-state index in [9.17, 15) is 0 Å². The number of hydrogen-bond donors (Lipinski definition) is 1. The van der Waals surface area contributed by atoms with Crippen LogP contribution in [0.5, 0.6) is 0 Å². The Morgan fingerprint density at radius 1 is 1.06 bits per heavy atom. The van der Waals surface area contributed by atoms with Gasteiger partial charge in [-0.1, -0.05) is 63.9 Å².